The molecule has 8 nitrogen and oxygen atoms in total. The van der Waals surface area contributed by atoms with Gasteiger partial charge in [0.05, 0.1) is 12.3 Å². The molecule has 154 valence electrons. The number of anilines is 1. The standard InChI is InChI=1S/C21H18N2O6S/c1-2-28-17-11-13(8-9-16(17)29-12-18(24)25)10-15-19(26)22-21(30)23(20(15)27)14-6-4-3-5-7-14/h3-11H,2,12H2,1H3,(H,24,25)(H,22,26,30)/b15-10+. The quantitative estimate of drug-likeness (QED) is 0.398. The van der Waals surface area contributed by atoms with E-state index in [2.05, 4.69) is 5.32 Å². The Balaban J connectivity index is 1.95. The maximum Gasteiger partial charge on any atom is 0.341 e. The van der Waals surface area contributed by atoms with Crippen molar-refractivity contribution in [3.8, 4) is 11.5 Å². The summed E-state index contributed by atoms with van der Waals surface area (Å²) in [6, 6.07) is 13.4. The summed E-state index contributed by atoms with van der Waals surface area (Å²) in [5.74, 6) is -1.74. The summed E-state index contributed by atoms with van der Waals surface area (Å²) in [5.41, 5.74) is 0.931. The Bertz CT molecular complexity index is 1040. The number of nitrogens with one attached hydrogen (secondary N) is 1. The molecule has 0 aromatic heterocycles. The van der Waals surface area contributed by atoms with E-state index in [9.17, 15) is 14.4 Å². The van der Waals surface area contributed by atoms with E-state index in [-0.39, 0.29) is 16.4 Å². The summed E-state index contributed by atoms with van der Waals surface area (Å²) < 4.78 is 10.7. The Morgan fingerprint density at radius 1 is 1.13 bits per heavy atom. The zero-order chi connectivity index (χ0) is 21.7. The molecular weight excluding hydrogens is 408 g/mol. The van der Waals surface area contributed by atoms with Gasteiger partial charge in [-0.1, -0.05) is 24.3 Å². The number of rotatable bonds is 7. The summed E-state index contributed by atoms with van der Waals surface area (Å²) in [4.78, 5) is 37.4. The summed E-state index contributed by atoms with van der Waals surface area (Å²) in [7, 11) is 0. The lowest BCUT2D eigenvalue weighted by molar-refractivity contribution is -0.139. The molecule has 3 rings (SSSR count). The van der Waals surface area contributed by atoms with Gasteiger partial charge in [-0.15, -0.1) is 0 Å². The molecule has 1 heterocycles. The molecule has 0 unspecified atom stereocenters. The number of hydrogen-bond donors (Lipinski definition) is 2. The highest BCUT2D eigenvalue weighted by molar-refractivity contribution is 7.80. The second-order valence-electron chi connectivity index (χ2n) is 6.12. The maximum atomic E-state index is 13.0. The van der Waals surface area contributed by atoms with Crippen molar-refractivity contribution in [3.63, 3.8) is 0 Å². The molecule has 1 aliphatic rings. The molecule has 0 radical (unpaired) electrons. The molecule has 1 fully saturated rings. The fourth-order valence-corrected chi connectivity index (χ4v) is 3.06. The summed E-state index contributed by atoms with van der Waals surface area (Å²) >= 11 is 5.16. The lowest BCUT2D eigenvalue weighted by Crippen LogP contribution is -2.54. The van der Waals surface area contributed by atoms with Crippen molar-refractivity contribution in [1.29, 1.82) is 0 Å². The lowest BCUT2D eigenvalue weighted by atomic mass is 10.1. The number of carbonyl (C=O) groups is 3. The second-order valence-corrected chi connectivity index (χ2v) is 6.50. The number of carbonyl (C=O) groups excluding carboxylic acids is 2. The third-order valence-corrected chi connectivity index (χ3v) is 4.33. The van der Waals surface area contributed by atoms with Crippen LogP contribution in [0.4, 0.5) is 5.69 Å². The van der Waals surface area contributed by atoms with Crippen molar-refractivity contribution in [2.24, 2.45) is 0 Å². The molecular formula is C21H18N2O6S. The predicted molar refractivity (Wildman–Crippen MR) is 113 cm³/mol. The molecule has 0 aliphatic carbocycles. The SMILES string of the molecule is CCOc1cc(/C=C2\C(=O)NC(=S)N(c3ccccc3)C2=O)ccc1OCC(=O)O. The predicted octanol–water partition coefficient (Wildman–Crippen LogP) is 2.38. The Kier molecular flexibility index (Phi) is 6.43. The first kappa shape index (κ1) is 21.0. The Labute approximate surface area is 177 Å². The number of amides is 2. The van der Waals surface area contributed by atoms with Crippen LogP contribution >= 0.6 is 12.2 Å². The van der Waals surface area contributed by atoms with Gasteiger partial charge in [0.25, 0.3) is 11.8 Å². The third-order valence-electron chi connectivity index (χ3n) is 4.05. The van der Waals surface area contributed by atoms with Crippen molar-refractivity contribution in [1.82, 2.24) is 5.32 Å². The number of thiocarbonyl (C=S) groups is 1. The average Bonchev–Trinajstić information content (AvgIpc) is 2.71. The zero-order valence-corrected chi connectivity index (χ0v) is 16.8. The van der Waals surface area contributed by atoms with Gasteiger partial charge < -0.3 is 14.6 Å². The van der Waals surface area contributed by atoms with Crippen LogP contribution < -0.4 is 19.7 Å². The van der Waals surface area contributed by atoms with Gasteiger partial charge in [0.15, 0.2) is 23.2 Å². The van der Waals surface area contributed by atoms with Crippen LogP contribution in [-0.4, -0.2) is 41.2 Å². The molecule has 2 amide bonds. The highest BCUT2D eigenvalue weighted by Gasteiger charge is 2.34. The monoisotopic (exact) mass is 426 g/mol. The minimum absolute atomic E-state index is 0.000717. The molecule has 1 saturated heterocycles. The number of carboxylic acid groups (broad SMARTS) is 1. The third kappa shape index (κ3) is 4.64. The number of benzene rings is 2. The first-order chi connectivity index (χ1) is 14.4. The average molecular weight is 426 g/mol. The number of hydrogen-bond acceptors (Lipinski definition) is 6. The van der Waals surface area contributed by atoms with E-state index in [1.165, 1.54) is 17.0 Å². The Hall–Kier alpha value is -3.72. The maximum absolute atomic E-state index is 13.0. The minimum atomic E-state index is -1.12. The van der Waals surface area contributed by atoms with E-state index < -0.39 is 24.4 Å². The smallest absolute Gasteiger partial charge is 0.341 e. The van der Waals surface area contributed by atoms with E-state index in [1.54, 1.807) is 49.4 Å². The van der Waals surface area contributed by atoms with Gasteiger partial charge in [-0.05, 0) is 55.0 Å². The van der Waals surface area contributed by atoms with E-state index in [4.69, 9.17) is 26.8 Å². The van der Waals surface area contributed by atoms with Crippen molar-refractivity contribution in [2.75, 3.05) is 18.1 Å². The Morgan fingerprint density at radius 2 is 1.87 bits per heavy atom. The van der Waals surface area contributed by atoms with E-state index >= 15 is 0 Å². The van der Waals surface area contributed by atoms with Crippen LogP contribution in [0.3, 0.4) is 0 Å². The van der Waals surface area contributed by atoms with Gasteiger partial charge in [0.1, 0.15) is 5.57 Å². The number of para-hydroxylation sites is 1. The molecule has 30 heavy (non-hydrogen) atoms. The van der Waals surface area contributed by atoms with Crippen LogP contribution in [0.15, 0.2) is 54.1 Å². The van der Waals surface area contributed by atoms with Crippen molar-refractivity contribution in [2.45, 2.75) is 6.92 Å². The van der Waals surface area contributed by atoms with Crippen LogP contribution in [-0.2, 0) is 14.4 Å². The summed E-state index contributed by atoms with van der Waals surface area (Å²) in [6.45, 7) is 1.56. The fourth-order valence-electron chi connectivity index (χ4n) is 2.78. The van der Waals surface area contributed by atoms with Crippen LogP contribution in [0.2, 0.25) is 0 Å². The molecule has 9 heteroatoms. The van der Waals surface area contributed by atoms with Crippen molar-refractivity contribution >= 4 is 46.9 Å². The van der Waals surface area contributed by atoms with Crippen LogP contribution in [0.1, 0.15) is 12.5 Å². The molecule has 2 aromatic rings. The van der Waals surface area contributed by atoms with E-state index in [0.29, 0.717) is 23.6 Å². The first-order valence-electron chi connectivity index (χ1n) is 8.98. The summed E-state index contributed by atoms with van der Waals surface area (Å²) in [6.07, 6.45) is 1.42. The van der Waals surface area contributed by atoms with Crippen molar-refractivity contribution < 1.29 is 29.0 Å². The molecule has 0 atom stereocenters. The molecule has 0 spiro atoms. The van der Waals surface area contributed by atoms with Crippen LogP contribution in [0.5, 0.6) is 11.5 Å². The molecule has 2 aromatic carbocycles. The second kappa shape index (κ2) is 9.19. The molecule has 0 bridgehead atoms. The largest absolute Gasteiger partial charge is 0.490 e. The molecule has 1 aliphatic heterocycles. The van der Waals surface area contributed by atoms with Crippen LogP contribution in [0, 0.1) is 0 Å². The molecule has 2 N–H and O–H groups in total. The first-order valence-corrected chi connectivity index (χ1v) is 9.39. The highest BCUT2D eigenvalue weighted by atomic mass is 32.1. The number of nitrogens with zero attached hydrogens (tertiary/aromatic N) is 1. The van der Waals surface area contributed by atoms with E-state index in [0.717, 1.165) is 0 Å². The van der Waals surface area contributed by atoms with Gasteiger partial charge >= 0.3 is 5.97 Å². The topological polar surface area (TPSA) is 105 Å². The number of aliphatic carboxylic acids is 1. The van der Waals surface area contributed by atoms with Gasteiger partial charge in [0, 0.05) is 0 Å². The fraction of sp³-hybridized carbons (Fsp3) is 0.143. The van der Waals surface area contributed by atoms with Gasteiger partial charge in [0.2, 0.25) is 0 Å². The molecule has 0 saturated carbocycles. The summed E-state index contributed by atoms with van der Waals surface area (Å²) in [5, 5.41) is 11.3. The van der Waals surface area contributed by atoms with E-state index in [1.807, 2.05) is 0 Å². The normalized spacial score (nSPS) is 15.2. The number of ether oxygens (including phenoxy) is 2. The number of carboxylic acids is 1. The zero-order valence-electron chi connectivity index (χ0n) is 16.0. The lowest BCUT2D eigenvalue weighted by Gasteiger charge is -2.28. The highest BCUT2D eigenvalue weighted by Crippen LogP contribution is 2.30. The van der Waals surface area contributed by atoms with Gasteiger partial charge in [-0.2, -0.15) is 0 Å². The Morgan fingerprint density at radius 3 is 2.53 bits per heavy atom. The van der Waals surface area contributed by atoms with Crippen LogP contribution in [0.25, 0.3) is 6.08 Å². The van der Waals surface area contributed by atoms with Gasteiger partial charge in [-0.25, -0.2) is 4.79 Å². The van der Waals surface area contributed by atoms with Gasteiger partial charge in [-0.3, -0.25) is 19.8 Å². The van der Waals surface area contributed by atoms with Crippen molar-refractivity contribution in [3.05, 3.63) is 59.7 Å². The minimum Gasteiger partial charge on any atom is -0.490 e.